The summed E-state index contributed by atoms with van der Waals surface area (Å²) in [5.74, 6) is 0. The third-order valence-corrected chi connectivity index (χ3v) is 0. The molecule has 0 aromatic carbocycles. The molecule has 0 spiro atoms. The Morgan fingerprint density at radius 3 is 1.00 bits per heavy atom. The first-order valence-electron chi connectivity index (χ1n) is 0. The van der Waals surface area contributed by atoms with Gasteiger partial charge in [-0.3, -0.25) is 0 Å². The van der Waals surface area contributed by atoms with E-state index in [1.54, 1.807) is 0 Å². The van der Waals surface area contributed by atoms with Gasteiger partial charge in [-0.2, -0.15) is 0 Å². The summed E-state index contributed by atoms with van der Waals surface area (Å²) in [4.78, 5) is 0. The Morgan fingerprint density at radius 2 is 1.00 bits per heavy atom. The summed E-state index contributed by atoms with van der Waals surface area (Å²) in [6.45, 7) is 0. The Bertz CT molecular complexity index is 9.61. The summed E-state index contributed by atoms with van der Waals surface area (Å²) in [5, 5.41) is 0. The molecule has 4 heteroatoms. The second-order valence-electron chi connectivity index (χ2n) is 0. The molecule has 0 bridgehead atoms. The van der Waals surface area contributed by atoms with Crippen molar-refractivity contribution >= 4 is 48.7 Å². The molecular formula is H5Cl2NaSn. The van der Waals surface area contributed by atoms with E-state index in [-0.39, 0.29) is 79.7 Å². The van der Waals surface area contributed by atoms with Crippen LogP contribution in [0.3, 0.4) is 0 Å². The molecule has 0 fully saturated rings. The predicted octanol–water partition coefficient (Wildman–Crippen LogP) is -2.96. The third kappa shape index (κ3) is 8.83. The van der Waals surface area contributed by atoms with Crippen LogP contribution in [0, 0.1) is 0 Å². The van der Waals surface area contributed by atoms with Gasteiger partial charge in [-0.15, -0.1) is 24.8 Å². The van der Waals surface area contributed by atoms with Crippen LogP contribution in [-0.2, 0) is 0 Å². The van der Waals surface area contributed by atoms with Crippen molar-refractivity contribution in [1.82, 2.24) is 0 Å². The topological polar surface area (TPSA) is 0 Å². The second-order valence-corrected chi connectivity index (χ2v) is 0. The van der Waals surface area contributed by atoms with E-state index in [4.69, 9.17) is 0 Å². The van der Waals surface area contributed by atoms with Crippen LogP contribution in [0.25, 0.3) is 0 Å². The summed E-state index contributed by atoms with van der Waals surface area (Å²) in [6.07, 6.45) is 0. The van der Waals surface area contributed by atoms with Gasteiger partial charge in [-0.05, 0) is 0 Å². The molecule has 0 aliphatic rings. The number of hydrogen-bond acceptors (Lipinski definition) is 0. The van der Waals surface area contributed by atoms with E-state index >= 15 is 0 Å². The summed E-state index contributed by atoms with van der Waals surface area (Å²) < 4.78 is 0. The molecule has 0 aromatic rings. The van der Waals surface area contributed by atoms with E-state index in [1.807, 2.05) is 0 Å². The van der Waals surface area contributed by atoms with Gasteiger partial charge in [-0.25, -0.2) is 0 Å². The molecule has 0 aliphatic heterocycles. The Labute approximate surface area is 78.7 Å². The molecule has 0 aliphatic carbocycles. The van der Waals surface area contributed by atoms with Crippen LogP contribution in [-0.4, -0.2) is 23.9 Å². The van der Waals surface area contributed by atoms with Gasteiger partial charge in [0.25, 0.3) is 0 Å². The fraction of sp³-hybridized carbons (Fsp3) is 0. The maximum absolute atomic E-state index is 0. The van der Waals surface area contributed by atoms with E-state index in [9.17, 15) is 0 Å². The van der Waals surface area contributed by atoms with Gasteiger partial charge in [-0.1, -0.05) is 0 Å². The first kappa shape index (κ1) is 32.6. The van der Waals surface area contributed by atoms with Gasteiger partial charge in [0.05, 0.1) is 0 Å². The summed E-state index contributed by atoms with van der Waals surface area (Å²) in [6, 6.07) is 0. The Hall–Kier alpha value is 2.38. The van der Waals surface area contributed by atoms with Crippen molar-refractivity contribution in [1.29, 1.82) is 0 Å². The Kier molecular flexibility index (Phi) is 149. The third-order valence-electron chi connectivity index (χ3n) is 0. The molecule has 2 radical (unpaired) electrons. The van der Waals surface area contributed by atoms with Crippen molar-refractivity contribution in [2.75, 3.05) is 0 Å². The molecule has 0 nitrogen and oxygen atoms in total. The molecule has 0 unspecified atom stereocenters. The molecule has 24 valence electrons. The standard InChI is InChI=1S/2ClH.Na.Sn.3H/h2*1H;;;;;/q;;+1;;;;-1. The predicted molar refractivity (Wildman–Crippen MR) is 24.2 cm³/mol. The Morgan fingerprint density at radius 1 is 1.00 bits per heavy atom. The van der Waals surface area contributed by atoms with Crippen LogP contribution in [0.4, 0.5) is 0 Å². The minimum atomic E-state index is 0. The van der Waals surface area contributed by atoms with Crippen molar-refractivity contribution in [3.63, 3.8) is 0 Å². The van der Waals surface area contributed by atoms with Crippen LogP contribution in [0.15, 0.2) is 0 Å². The molecule has 0 atom stereocenters. The molecule has 0 aromatic heterocycles. The van der Waals surface area contributed by atoms with Crippen LogP contribution in [0.5, 0.6) is 0 Å². The Balaban J connectivity index is 0. The van der Waals surface area contributed by atoms with E-state index in [0.717, 1.165) is 0 Å². The van der Waals surface area contributed by atoms with Crippen molar-refractivity contribution in [3.8, 4) is 0 Å². The van der Waals surface area contributed by atoms with Crippen LogP contribution >= 0.6 is 24.8 Å². The van der Waals surface area contributed by atoms with Gasteiger partial charge < -0.3 is 1.43 Å². The van der Waals surface area contributed by atoms with Gasteiger partial charge in [0.2, 0.25) is 0 Å². The molecular weight excluding hydrogens is 213 g/mol. The molecule has 0 saturated heterocycles. The summed E-state index contributed by atoms with van der Waals surface area (Å²) >= 11 is 0. The SMILES string of the molecule is Cl.Cl.[H-].[Na+].[SnH2]. The normalized spacial score (nSPS) is 0. The quantitative estimate of drug-likeness (QED) is 0.381. The van der Waals surface area contributed by atoms with E-state index in [0.29, 0.717) is 0 Å². The molecule has 0 amide bonds. The summed E-state index contributed by atoms with van der Waals surface area (Å²) in [7, 11) is 0. The second kappa shape index (κ2) is 18.2. The van der Waals surface area contributed by atoms with Gasteiger partial charge in [0, 0.05) is 0 Å². The van der Waals surface area contributed by atoms with Gasteiger partial charge in [0.1, 0.15) is 0 Å². The van der Waals surface area contributed by atoms with Crippen molar-refractivity contribution in [2.24, 2.45) is 0 Å². The van der Waals surface area contributed by atoms with Gasteiger partial charge in [0.15, 0.2) is 0 Å². The average molecular weight is 218 g/mol. The van der Waals surface area contributed by atoms with E-state index in [2.05, 4.69) is 0 Å². The zero-order valence-electron chi connectivity index (χ0n) is 3.52. The first-order valence-corrected chi connectivity index (χ1v) is 0. The monoisotopic (exact) mass is 218 g/mol. The van der Waals surface area contributed by atoms with E-state index in [1.165, 1.54) is 0 Å². The zero-order valence-corrected chi connectivity index (χ0v) is 10.2. The fourth-order valence-corrected chi connectivity index (χ4v) is 0. The van der Waals surface area contributed by atoms with Crippen LogP contribution < -0.4 is 29.6 Å². The zero-order chi connectivity index (χ0) is 0. The molecule has 0 saturated carbocycles. The number of halogens is 2. The molecule has 0 N–H and O–H groups in total. The number of rotatable bonds is 0. The maximum atomic E-state index is 0. The van der Waals surface area contributed by atoms with Crippen molar-refractivity contribution < 1.29 is 31.0 Å². The number of hydrogen-bond donors (Lipinski definition) is 0. The molecule has 4 heavy (non-hydrogen) atoms. The average Bonchev–Trinajstić information content (AvgIpc) is 0. The van der Waals surface area contributed by atoms with E-state index < -0.39 is 0 Å². The van der Waals surface area contributed by atoms with Crippen LogP contribution in [0.1, 0.15) is 1.43 Å². The first-order chi connectivity index (χ1) is 0. The van der Waals surface area contributed by atoms with Crippen LogP contribution in [0.2, 0.25) is 0 Å². The fourth-order valence-electron chi connectivity index (χ4n) is 0. The molecule has 0 rings (SSSR count). The van der Waals surface area contributed by atoms with Gasteiger partial charge >= 0.3 is 53.5 Å². The molecule has 0 heterocycles. The van der Waals surface area contributed by atoms with Crippen molar-refractivity contribution in [3.05, 3.63) is 0 Å². The minimum absolute atomic E-state index is 0. The van der Waals surface area contributed by atoms with Crippen molar-refractivity contribution in [2.45, 2.75) is 0 Å². The summed E-state index contributed by atoms with van der Waals surface area (Å²) in [5.41, 5.74) is 0.